The van der Waals surface area contributed by atoms with Gasteiger partial charge in [-0.3, -0.25) is 9.89 Å². The van der Waals surface area contributed by atoms with Gasteiger partial charge in [0.1, 0.15) is 11.5 Å². The largest absolute Gasteiger partial charge is 0.497 e. The predicted octanol–water partition coefficient (Wildman–Crippen LogP) is 3.40. The average molecular weight is 378 g/mol. The fourth-order valence-electron chi connectivity index (χ4n) is 3.48. The highest BCUT2D eigenvalue weighted by atomic mass is 16.5. The summed E-state index contributed by atoms with van der Waals surface area (Å²) >= 11 is 0. The number of aromatic amines is 1. The van der Waals surface area contributed by atoms with Gasteiger partial charge in [0, 0.05) is 28.5 Å². The third-order valence-electron chi connectivity index (χ3n) is 5.10. The molecule has 1 N–H and O–H groups in total. The van der Waals surface area contributed by atoms with Crippen LogP contribution in [-0.4, -0.2) is 26.9 Å². The monoisotopic (exact) mass is 378 g/mol. The van der Waals surface area contributed by atoms with E-state index < -0.39 is 0 Å². The summed E-state index contributed by atoms with van der Waals surface area (Å²) in [6.45, 7) is 5.79. The van der Waals surface area contributed by atoms with Gasteiger partial charge >= 0.3 is 0 Å². The summed E-state index contributed by atoms with van der Waals surface area (Å²) in [7, 11) is 1.64. The molecule has 0 spiro atoms. The molecular formula is C21H22N4O3. The van der Waals surface area contributed by atoms with Crippen LogP contribution in [-0.2, 0) is 12.8 Å². The minimum Gasteiger partial charge on any atom is -0.497 e. The number of fused-ring (bicyclic) bond motifs is 1. The van der Waals surface area contributed by atoms with Gasteiger partial charge in [-0.1, -0.05) is 5.16 Å². The van der Waals surface area contributed by atoms with Crippen molar-refractivity contribution in [1.82, 2.24) is 19.8 Å². The highest BCUT2D eigenvalue weighted by Gasteiger charge is 2.15. The van der Waals surface area contributed by atoms with Crippen molar-refractivity contribution in [2.24, 2.45) is 0 Å². The molecule has 7 heteroatoms. The minimum absolute atomic E-state index is 0.123. The third-order valence-corrected chi connectivity index (χ3v) is 5.10. The lowest BCUT2D eigenvalue weighted by Gasteiger charge is -2.02. The molecule has 0 aliphatic rings. The summed E-state index contributed by atoms with van der Waals surface area (Å²) in [4.78, 5) is 17.4. The van der Waals surface area contributed by atoms with Crippen molar-refractivity contribution in [2.75, 3.05) is 7.11 Å². The van der Waals surface area contributed by atoms with Crippen LogP contribution in [0.25, 0.3) is 16.9 Å². The van der Waals surface area contributed by atoms with E-state index in [4.69, 9.17) is 14.2 Å². The van der Waals surface area contributed by atoms with E-state index in [9.17, 15) is 4.79 Å². The Labute approximate surface area is 162 Å². The van der Waals surface area contributed by atoms with Gasteiger partial charge in [-0.15, -0.1) is 0 Å². The SMILES string of the molecule is COc1ccc(-c2[nH]n3c(=O)cc(CCc4c(C)noc4C)nc3c2C)cc1. The number of methoxy groups -OCH3 is 1. The van der Waals surface area contributed by atoms with E-state index in [0.717, 1.165) is 51.7 Å². The minimum atomic E-state index is -0.123. The number of H-pyrrole nitrogens is 1. The van der Waals surface area contributed by atoms with Gasteiger partial charge in [-0.2, -0.15) is 0 Å². The highest BCUT2D eigenvalue weighted by Crippen LogP contribution is 2.26. The van der Waals surface area contributed by atoms with E-state index in [-0.39, 0.29) is 5.56 Å². The normalized spacial score (nSPS) is 11.3. The van der Waals surface area contributed by atoms with E-state index in [2.05, 4.69) is 10.3 Å². The number of aryl methyl sites for hydroxylation is 4. The van der Waals surface area contributed by atoms with E-state index in [1.165, 1.54) is 4.52 Å². The van der Waals surface area contributed by atoms with Gasteiger partial charge in [0.2, 0.25) is 0 Å². The number of nitrogens with one attached hydrogen (secondary N) is 1. The molecule has 3 heterocycles. The number of rotatable bonds is 5. The fraction of sp³-hybridized carbons (Fsp3) is 0.286. The Morgan fingerprint density at radius 1 is 1.14 bits per heavy atom. The molecule has 0 atom stereocenters. The molecule has 0 saturated heterocycles. The highest BCUT2D eigenvalue weighted by molar-refractivity contribution is 5.70. The Balaban J connectivity index is 1.70. The van der Waals surface area contributed by atoms with Crippen molar-refractivity contribution < 1.29 is 9.26 Å². The van der Waals surface area contributed by atoms with Crippen LogP contribution < -0.4 is 10.3 Å². The maximum Gasteiger partial charge on any atom is 0.272 e. The summed E-state index contributed by atoms with van der Waals surface area (Å²) in [6.07, 6.45) is 1.38. The lowest BCUT2D eigenvalue weighted by Crippen LogP contribution is -2.16. The van der Waals surface area contributed by atoms with Crippen molar-refractivity contribution >= 4 is 5.65 Å². The van der Waals surface area contributed by atoms with Crippen LogP contribution >= 0.6 is 0 Å². The quantitative estimate of drug-likeness (QED) is 0.575. The first kappa shape index (κ1) is 18.0. The van der Waals surface area contributed by atoms with E-state index >= 15 is 0 Å². The number of benzene rings is 1. The van der Waals surface area contributed by atoms with Crippen LogP contribution in [0.1, 0.15) is 28.3 Å². The summed E-state index contributed by atoms with van der Waals surface area (Å²) in [5.74, 6) is 1.60. The van der Waals surface area contributed by atoms with Crippen molar-refractivity contribution in [1.29, 1.82) is 0 Å². The smallest absolute Gasteiger partial charge is 0.272 e. The summed E-state index contributed by atoms with van der Waals surface area (Å²) in [6, 6.07) is 9.29. The molecule has 0 bridgehead atoms. The standard InChI is InChI=1S/C21H22N4O3/c1-12-20(15-5-8-17(27-4)9-6-15)23-25-19(26)11-16(22-21(12)25)7-10-18-13(2)24-28-14(18)3/h5-6,8-9,11,23H,7,10H2,1-4H3. The second-order valence-electron chi connectivity index (χ2n) is 6.89. The first-order chi connectivity index (χ1) is 13.5. The fourth-order valence-corrected chi connectivity index (χ4v) is 3.48. The van der Waals surface area contributed by atoms with Gasteiger partial charge in [0.15, 0.2) is 5.65 Å². The molecule has 4 rings (SSSR count). The molecule has 0 radical (unpaired) electrons. The molecule has 0 amide bonds. The lowest BCUT2D eigenvalue weighted by molar-refractivity contribution is 0.392. The topological polar surface area (TPSA) is 85.4 Å². The number of ether oxygens (including phenoxy) is 1. The van der Waals surface area contributed by atoms with Crippen molar-refractivity contribution in [3.05, 3.63) is 69.0 Å². The Hall–Kier alpha value is -3.35. The van der Waals surface area contributed by atoms with Crippen LogP contribution in [0.15, 0.2) is 39.6 Å². The molecule has 0 unspecified atom stereocenters. The first-order valence-electron chi connectivity index (χ1n) is 9.15. The molecule has 0 aliphatic heterocycles. The molecule has 0 saturated carbocycles. The number of nitrogens with zero attached hydrogens (tertiary/aromatic N) is 3. The Morgan fingerprint density at radius 2 is 1.89 bits per heavy atom. The van der Waals surface area contributed by atoms with Crippen LogP contribution in [0.4, 0.5) is 0 Å². The van der Waals surface area contributed by atoms with E-state index in [0.29, 0.717) is 12.1 Å². The number of hydrogen-bond acceptors (Lipinski definition) is 5. The molecule has 4 aromatic rings. The second-order valence-corrected chi connectivity index (χ2v) is 6.89. The summed E-state index contributed by atoms with van der Waals surface area (Å²) < 4.78 is 11.9. The molecule has 0 fully saturated rings. The van der Waals surface area contributed by atoms with Gasteiger partial charge in [0.05, 0.1) is 18.5 Å². The van der Waals surface area contributed by atoms with Gasteiger partial charge < -0.3 is 9.26 Å². The van der Waals surface area contributed by atoms with E-state index in [1.807, 2.05) is 45.0 Å². The number of aromatic nitrogens is 4. The van der Waals surface area contributed by atoms with Crippen molar-refractivity contribution in [2.45, 2.75) is 33.6 Å². The van der Waals surface area contributed by atoms with Crippen LogP contribution in [0, 0.1) is 20.8 Å². The van der Waals surface area contributed by atoms with Crippen molar-refractivity contribution in [3.8, 4) is 17.0 Å². The second kappa shape index (κ2) is 6.99. The first-order valence-corrected chi connectivity index (χ1v) is 9.15. The van der Waals surface area contributed by atoms with Crippen LogP contribution in [0.3, 0.4) is 0 Å². The molecule has 1 aromatic carbocycles. The average Bonchev–Trinajstić information content (AvgIpc) is 3.20. The third kappa shape index (κ3) is 3.09. The maximum atomic E-state index is 12.6. The zero-order chi connectivity index (χ0) is 19.8. The van der Waals surface area contributed by atoms with Crippen molar-refractivity contribution in [3.63, 3.8) is 0 Å². The van der Waals surface area contributed by atoms with E-state index in [1.54, 1.807) is 13.2 Å². The Kier molecular flexibility index (Phi) is 4.50. The number of hydrogen-bond donors (Lipinski definition) is 1. The molecular weight excluding hydrogens is 356 g/mol. The molecule has 7 nitrogen and oxygen atoms in total. The Morgan fingerprint density at radius 3 is 2.54 bits per heavy atom. The lowest BCUT2D eigenvalue weighted by atomic mass is 10.1. The Bertz CT molecular complexity index is 1180. The van der Waals surface area contributed by atoms with Gasteiger partial charge in [-0.05, 0) is 57.9 Å². The molecule has 144 valence electrons. The zero-order valence-electron chi connectivity index (χ0n) is 16.4. The maximum absolute atomic E-state index is 12.6. The summed E-state index contributed by atoms with van der Waals surface area (Å²) in [5.41, 5.74) is 6.01. The van der Waals surface area contributed by atoms with Crippen LogP contribution in [0.2, 0.25) is 0 Å². The van der Waals surface area contributed by atoms with Crippen LogP contribution in [0.5, 0.6) is 5.75 Å². The predicted molar refractivity (Wildman–Crippen MR) is 106 cm³/mol. The molecule has 3 aromatic heterocycles. The van der Waals surface area contributed by atoms with Gasteiger partial charge in [-0.25, -0.2) is 9.50 Å². The summed E-state index contributed by atoms with van der Waals surface area (Å²) in [5, 5.41) is 7.16. The van der Waals surface area contributed by atoms with Gasteiger partial charge in [0.25, 0.3) is 5.56 Å². The molecule has 28 heavy (non-hydrogen) atoms. The zero-order valence-corrected chi connectivity index (χ0v) is 16.4. The molecule has 0 aliphatic carbocycles.